The van der Waals surface area contributed by atoms with E-state index >= 15 is 0 Å². The van der Waals surface area contributed by atoms with Crippen LogP contribution in [0.25, 0.3) is 0 Å². The average Bonchev–Trinajstić information content (AvgIpc) is 2.35. The van der Waals surface area contributed by atoms with Crippen LogP contribution in [-0.4, -0.2) is 22.9 Å². The molecule has 0 spiro atoms. The molecule has 0 saturated heterocycles. The van der Waals surface area contributed by atoms with Crippen LogP contribution in [-0.2, 0) is 9.63 Å². The molecule has 1 saturated carbocycles. The maximum atomic E-state index is 10.0. The fraction of sp³-hybridized carbons (Fsp3) is 0.750. The van der Waals surface area contributed by atoms with E-state index in [4.69, 9.17) is 9.94 Å². The van der Waals surface area contributed by atoms with Crippen LogP contribution in [0.1, 0.15) is 32.6 Å². The van der Waals surface area contributed by atoms with E-state index in [9.17, 15) is 4.79 Å². The molecule has 12 heavy (non-hydrogen) atoms. The second kappa shape index (κ2) is 3.56. The van der Waals surface area contributed by atoms with Crippen molar-refractivity contribution in [2.24, 2.45) is 5.16 Å². The van der Waals surface area contributed by atoms with Crippen molar-refractivity contribution >= 4 is 12.2 Å². The lowest BCUT2D eigenvalue weighted by Gasteiger charge is -2.19. The predicted molar refractivity (Wildman–Crippen MR) is 44.1 cm³/mol. The smallest absolute Gasteiger partial charge is 0.350 e. The van der Waals surface area contributed by atoms with Crippen LogP contribution in [0.15, 0.2) is 5.16 Å². The monoisotopic (exact) mass is 171 g/mol. The van der Waals surface area contributed by atoms with E-state index < -0.39 is 5.97 Å². The summed E-state index contributed by atoms with van der Waals surface area (Å²) in [6, 6.07) is 0. The number of carboxylic acids is 1. The van der Waals surface area contributed by atoms with Crippen molar-refractivity contribution in [1.29, 1.82) is 0 Å². The average molecular weight is 171 g/mol. The van der Waals surface area contributed by atoms with Crippen molar-refractivity contribution < 1.29 is 14.7 Å². The molecule has 0 aromatic rings. The lowest BCUT2D eigenvalue weighted by atomic mass is 10.1. The molecule has 1 N–H and O–H groups in total. The van der Waals surface area contributed by atoms with E-state index in [0.717, 1.165) is 31.9 Å². The predicted octanol–water partition coefficient (Wildman–Crippen LogP) is 1.41. The molecule has 1 rings (SSSR count). The highest BCUT2D eigenvalue weighted by Crippen LogP contribution is 2.32. The van der Waals surface area contributed by atoms with Gasteiger partial charge in [0.15, 0.2) is 6.21 Å². The molecule has 68 valence electrons. The van der Waals surface area contributed by atoms with Crippen molar-refractivity contribution in [2.45, 2.75) is 38.2 Å². The molecule has 0 bridgehead atoms. The first-order valence-electron chi connectivity index (χ1n) is 4.07. The Hall–Kier alpha value is -1.06. The molecule has 0 aromatic carbocycles. The maximum absolute atomic E-state index is 10.0. The van der Waals surface area contributed by atoms with E-state index in [-0.39, 0.29) is 5.60 Å². The van der Waals surface area contributed by atoms with Crippen LogP contribution in [0.3, 0.4) is 0 Å². The van der Waals surface area contributed by atoms with Gasteiger partial charge in [0.1, 0.15) is 5.60 Å². The summed E-state index contributed by atoms with van der Waals surface area (Å²) in [7, 11) is 0. The maximum Gasteiger partial charge on any atom is 0.350 e. The molecule has 0 atom stereocenters. The molecule has 0 aromatic heterocycles. The number of rotatable bonds is 3. The van der Waals surface area contributed by atoms with Gasteiger partial charge in [0.2, 0.25) is 0 Å². The fourth-order valence-corrected chi connectivity index (χ4v) is 1.41. The van der Waals surface area contributed by atoms with Gasteiger partial charge in [0.25, 0.3) is 0 Å². The fourth-order valence-electron chi connectivity index (χ4n) is 1.41. The van der Waals surface area contributed by atoms with Crippen molar-refractivity contribution in [1.82, 2.24) is 0 Å². The van der Waals surface area contributed by atoms with Gasteiger partial charge in [0, 0.05) is 0 Å². The Balaban J connectivity index is 2.34. The topological polar surface area (TPSA) is 58.9 Å². The number of aliphatic carboxylic acids is 1. The van der Waals surface area contributed by atoms with Crippen molar-refractivity contribution in [3.63, 3.8) is 0 Å². The molecule has 0 radical (unpaired) electrons. The normalized spacial score (nSPS) is 21.4. The zero-order valence-electron chi connectivity index (χ0n) is 7.12. The number of hydrogen-bond acceptors (Lipinski definition) is 3. The second-order valence-corrected chi connectivity index (χ2v) is 3.32. The van der Waals surface area contributed by atoms with Crippen molar-refractivity contribution in [2.75, 3.05) is 0 Å². The summed E-state index contributed by atoms with van der Waals surface area (Å²) >= 11 is 0. The van der Waals surface area contributed by atoms with E-state index in [1.54, 1.807) is 0 Å². The van der Waals surface area contributed by atoms with Gasteiger partial charge in [-0.25, -0.2) is 4.79 Å². The van der Waals surface area contributed by atoms with Gasteiger partial charge in [-0.05, 0) is 32.6 Å². The Morgan fingerprint density at radius 2 is 2.17 bits per heavy atom. The summed E-state index contributed by atoms with van der Waals surface area (Å²) in [6.45, 7) is 1.96. The number of nitrogens with zero attached hydrogens (tertiary/aromatic N) is 1. The summed E-state index contributed by atoms with van der Waals surface area (Å²) < 4.78 is 0. The molecule has 0 aliphatic heterocycles. The van der Waals surface area contributed by atoms with Gasteiger partial charge < -0.3 is 9.94 Å². The molecule has 4 heteroatoms. The minimum Gasteiger partial charge on any atom is -0.477 e. The minimum absolute atomic E-state index is 0.230. The SMILES string of the molecule is CC1(ON=CC(=O)O)CCCC1. The van der Waals surface area contributed by atoms with Gasteiger partial charge in [-0.3, -0.25) is 0 Å². The highest BCUT2D eigenvalue weighted by molar-refractivity contribution is 6.21. The number of hydrogen-bond donors (Lipinski definition) is 1. The molecule has 0 heterocycles. The third-order valence-corrected chi connectivity index (χ3v) is 2.10. The van der Waals surface area contributed by atoms with Crippen LogP contribution >= 0.6 is 0 Å². The van der Waals surface area contributed by atoms with Gasteiger partial charge in [-0.15, -0.1) is 0 Å². The first kappa shape index (κ1) is 9.03. The van der Waals surface area contributed by atoms with E-state index in [1.165, 1.54) is 0 Å². The Morgan fingerprint density at radius 3 is 2.67 bits per heavy atom. The van der Waals surface area contributed by atoms with Crippen LogP contribution in [0.2, 0.25) is 0 Å². The standard InChI is InChI=1S/C8H13NO3/c1-8(4-2-3-5-8)12-9-6-7(10)11/h6H,2-5H2,1H3,(H,10,11). The quantitative estimate of drug-likeness (QED) is 0.516. The zero-order chi connectivity index (χ0) is 9.03. The Labute approximate surface area is 71.2 Å². The minimum atomic E-state index is -1.07. The molecule has 4 nitrogen and oxygen atoms in total. The number of carbonyl (C=O) groups is 1. The largest absolute Gasteiger partial charge is 0.477 e. The zero-order valence-corrected chi connectivity index (χ0v) is 7.12. The lowest BCUT2D eigenvalue weighted by Crippen LogP contribution is -2.21. The molecule has 1 aliphatic carbocycles. The number of oxime groups is 1. The molecule has 1 fully saturated rings. The van der Waals surface area contributed by atoms with Crippen molar-refractivity contribution in [3.05, 3.63) is 0 Å². The number of carboxylic acid groups (broad SMARTS) is 1. The van der Waals surface area contributed by atoms with Gasteiger partial charge in [-0.1, -0.05) is 5.16 Å². The van der Waals surface area contributed by atoms with Crippen molar-refractivity contribution in [3.8, 4) is 0 Å². The van der Waals surface area contributed by atoms with Crippen LogP contribution < -0.4 is 0 Å². The molecular weight excluding hydrogens is 158 g/mol. The van der Waals surface area contributed by atoms with Crippen LogP contribution in [0, 0.1) is 0 Å². The molecule has 1 aliphatic rings. The Bertz CT molecular complexity index is 194. The van der Waals surface area contributed by atoms with Crippen LogP contribution in [0.4, 0.5) is 0 Å². The summed E-state index contributed by atoms with van der Waals surface area (Å²) in [4.78, 5) is 15.1. The van der Waals surface area contributed by atoms with E-state index in [1.807, 2.05) is 6.92 Å². The molecule has 0 amide bonds. The first-order chi connectivity index (χ1) is 5.62. The lowest BCUT2D eigenvalue weighted by molar-refractivity contribution is -0.129. The summed E-state index contributed by atoms with van der Waals surface area (Å²) in [5, 5.41) is 11.6. The van der Waals surface area contributed by atoms with Gasteiger partial charge in [-0.2, -0.15) is 0 Å². The summed E-state index contributed by atoms with van der Waals surface area (Å²) in [5.74, 6) is -1.07. The van der Waals surface area contributed by atoms with E-state index in [0.29, 0.717) is 0 Å². The summed E-state index contributed by atoms with van der Waals surface area (Å²) in [6.07, 6.45) is 4.98. The van der Waals surface area contributed by atoms with Crippen LogP contribution in [0.5, 0.6) is 0 Å². The van der Waals surface area contributed by atoms with Gasteiger partial charge in [0.05, 0.1) is 0 Å². The van der Waals surface area contributed by atoms with Gasteiger partial charge >= 0.3 is 5.97 Å². The molecular formula is C8H13NO3. The third-order valence-electron chi connectivity index (χ3n) is 2.10. The summed E-state index contributed by atoms with van der Waals surface area (Å²) in [5.41, 5.74) is -0.230. The molecule has 0 unspecified atom stereocenters. The second-order valence-electron chi connectivity index (χ2n) is 3.32. The highest BCUT2D eigenvalue weighted by Gasteiger charge is 2.30. The van der Waals surface area contributed by atoms with E-state index in [2.05, 4.69) is 5.16 Å². The Morgan fingerprint density at radius 1 is 1.58 bits per heavy atom. The Kier molecular flexibility index (Phi) is 2.68. The first-order valence-corrected chi connectivity index (χ1v) is 4.07. The third kappa shape index (κ3) is 2.53. The highest BCUT2D eigenvalue weighted by atomic mass is 16.6.